The summed E-state index contributed by atoms with van der Waals surface area (Å²) in [6, 6.07) is 8.71. The van der Waals surface area contributed by atoms with Gasteiger partial charge < -0.3 is 15.0 Å². The summed E-state index contributed by atoms with van der Waals surface area (Å²) in [7, 11) is 1.70. The van der Waals surface area contributed by atoms with Gasteiger partial charge in [-0.3, -0.25) is 0 Å². The maximum atomic E-state index is 5.18. The van der Waals surface area contributed by atoms with Crippen LogP contribution in [-0.2, 0) is 0 Å². The van der Waals surface area contributed by atoms with E-state index < -0.39 is 0 Å². The molecule has 0 radical (unpaired) electrons. The summed E-state index contributed by atoms with van der Waals surface area (Å²) < 4.78 is 5.18. The first kappa shape index (κ1) is 14.7. The molecule has 0 amide bonds. The van der Waals surface area contributed by atoms with Crippen LogP contribution in [0.15, 0.2) is 24.3 Å². The van der Waals surface area contributed by atoms with Crippen molar-refractivity contribution in [1.29, 1.82) is 0 Å². The molecule has 3 nitrogen and oxygen atoms in total. The highest BCUT2D eigenvalue weighted by atomic mass is 32.2. The number of rotatable bonds is 6. The van der Waals surface area contributed by atoms with Gasteiger partial charge in [0.05, 0.1) is 7.11 Å². The van der Waals surface area contributed by atoms with Crippen molar-refractivity contribution in [3.05, 3.63) is 29.8 Å². The maximum Gasteiger partial charge on any atom is 0.118 e. The molecule has 1 N–H and O–H groups in total. The fourth-order valence-corrected chi connectivity index (χ4v) is 3.25. The van der Waals surface area contributed by atoms with E-state index in [1.807, 2.05) is 12.1 Å². The van der Waals surface area contributed by atoms with Crippen LogP contribution in [0.2, 0.25) is 0 Å². The normalized spacial score (nSPS) is 18.2. The van der Waals surface area contributed by atoms with Crippen molar-refractivity contribution in [3.63, 3.8) is 0 Å². The zero-order valence-corrected chi connectivity index (χ0v) is 12.7. The average molecular weight is 280 g/mol. The first-order chi connectivity index (χ1) is 9.29. The summed E-state index contributed by atoms with van der Waals surface area (Å²) in [4.78, 5) is 2.55. The number of thioether (sulfide) groups is 1. The fourth-order valence-electron chi connectivity index (χ4n) is 2.27. The molecule has 1 atom stereocenters. The van der Waals surface area contributed by atoms with Crippen molar-refractivity contribution < 1.29 is 4.74 Å². The van der Waals surface area contributed by atoms with E-state index in [1.165, 1.54) is 30.2 Å². The highest BCUT2D eigenvalue weighted by molar-refractivity contribution is 7.99. The van der Waals surface area contributed by atoms with Crippen molar-refractivity contribution in [3.8, 4) is 5.75 Å². The lowest BCUT2D eigenvalue weighted by molar-refractivity contribution is 0.297. The minimum atomic E-state index is 0.394. The summed E-state index contributed by atoms with van der Waals surface area (Å²) in [5.74, 6) is 3.49. The topological polar surface area (TPSA) is 24.5 Å². The second-order valence-corrected chi connectivity index (χ2v) is 6.13. The molecule has 4 heteroatoms. The Balaban J connectivity index is 1.72. The minimum absolute atomic E-state index is 0.394. The minimum Gasteiger partial charge on any atom is -0.497 e. The van der Waals surface area contributed by atoms with Crippen LogP contribution in [0.3, 0.4) is 0 Å². The lowest BCUT2D eigenvalue weighted by atomic mass is 10.1. The number of nitrogens with zero attached hydrogens (tertiary/aromatic N) is 1. The lowest BCUT2D eigenvalue weighted by Crippen LogP contribution is -2.38. The molecule has 1 fully saturated rings. The Labute approximate surface area is 120 Å². The molecule has 0 aromatic heterocycles. The molecule has 1 aliphatic heterocycles. The van der Waals surface area contributed by atoms with E-state index in [0.717, 1.165) is 18.8 Å². The number of hydrogen-bond donors (Lipinski definition) is 1. The largest absolute Gasteiger partial charge is 0.497 e. The molecule has 19 heavy (non-hydrogen) atoms. The number of ether oxygens (including phenoxy) is 1. The van der Waals surface area contributed by atoms with E-state index >= 15 is 0 Å². The average Bonchev–Trinajstić information content (AvgIpc) is 2.48. The molecule has 1 aliphatic rings. The summed E-state index contributed by atoms with van der Waals surface area (Å²) >= 11 is 2.06. The van der Waals surface area contributed by atoms with Crippen LogP contribution in [0.1, 0.15) is 18.5 Å². The van der Waals surface area contributed by atoms with E-state index in [-0.39, 0.29) is 0 Å². The molecule has 1 unspecified atom stereocenters. The van der Waals surface area contributed by atoms with Gasteiger partial charge in [0.1, 0.15) is 5.75 Å². The van der Waals surface area contributed by atoms with Gasteiger partial charge in [-0.2, -0.15) is 11.8 Å². The quantitative estimate of drug-likeness (QED) is 0.865. The summed E-state index contributed by atoms with van der Waals surface area (Å²) in [6.45, 7) is 6.90. The van der Waals surface area contributed by atoms with Crippen LogP contribution in [0.25, 0.3) is 0 Å². The van der Waals surface area contributed by atoms with Gasteiger partial charge in [-0.15, -0.1) is 0 Å². The second kappa shape index (κ2) is 7.78. The Morgan fingerprint density at radius 3 is 2.58 bits per heavy atom. The highest BCUT2D eigenvalue weighted by Crippen LogP contribution is 2.17. The fraction of sp³-hybridized carbons (Fsp3) is 0.600. The Hall–Kier alpha value is -0.710. The zero-order valence-electron chi connectivity index (χ0n) is 11.9. The first-order valence-corrected chi connectivity index (χ1v) is 8.12. The predicted molar refractivity (Wildman–Crippen MR) is 83.2 cm³/mol. The predicted octanol–water partition coefficient (Wildman–Crippen LogP) is 2.39. The third-order valence-corrected chi connectivity index (χ3v) is 4.54. The second-order valence-electron chi connectivity index (χ2n) is 4.90. The van der Waals surface area contributed by atoms with Crippen LogP contribution < -0.4 is 10.1 Å². The van der Waals surface area contributed by atoms with Gasteiger partial charge in [0, 0.05) is 43.7 Å². The Morgan fingerprint density at radius 1 is 1.26 bits per heavy atom. The van der Waals surface area contributed by atoms with Gasteiger partial charge in [0.25, 0.3) is 0 Å². The SMILES string of the molecule is COc1ccc(C(C)NCCN2CCSCC2)cc1. The molecule has 1 aromatic carbocycles. The van der Waals surface area contributed by atoms with E-state index in [2.05, 4.69) is 41.0 Å². The zero-order chi connectivity index (χ0) is 13.5. The monoisotopic (exact) mass is 280 g/mol. The van der Waals surface area contributed by atoms with Gasteiger partial charge in [0.2, 0.25) is 0 Å². The maximum absolute atomic E-state index is 5.18. The Bertz CT molecular complexity index is 363. The molecular weight excluding hydrogens is 256 g/mol. The van der Waals surface area contributed by atoms with Gasteiger partial charge in [0.15, 0.2) is 0 Å². The van der Waals surface area contributed by atoms with Gasteiger partial charge in [-0.05, 0) is 24.6 Å². The van der Waals surface area contributed by atoms with Gasteiger partial charge in [-0.25, -0.2) is 0 Å². The molecule has 1 heterocycles. The van der Waals surface area contributed by atoms with E-state index in [1.54, 1.807) is 7.11 Å². The molecule has 0 saturated carbocycles. The molecule has 0 bridgehead atoms. The molecule has 2 rings (SSSR count). The lowest BCUT2D eigenvalue weighted by Gasteiger charge is -2.26. The summed E-state index contributed by atoms with van der Waals surface area (Å²) in [5, 5.41) is 3.59. The van der Waals surface area contributed by atoms with Crippen molar-refractivity contribution in [2.24, 2.45) is 0 Å². The number of nitrogens with one attached hydrogen (secondary N) is 1. The molecule has 1 saturated heterocycles. The smallest absolute Gasteiger partial charge is 0.118 e. The Kier molecular flexibility index (Phi) is 6.01. The van der Waals surface area contributed by atoms with E-state index in [9.17, 15) is 0 Å². The number of benzene rings is 1. The molecule has 0 aliphatic carbocycles. The molecule has 0 spiro atoms. The number of methoxy groups -OCH3 is 1. The van der Waals surface area contributed by atoms with E-state index in [4.69, 9.17) is 4.74 Å². The van der Waals surface area contributed by atoms with Crippen molar-refractivity contribution >= 4 is 11.8 Å². The van der Waals surface area contributed by atoms with Gasteiger partial charge >= 0.3 is 0 Å². The van der Waals surface area contributed by atoms with Crippen molar-refractivity contribution in [1.82, 2.24) is 10.2 Å². The molecule has 106 valence electrons. The first-order valence-electron chi connectivity index (χ1n) is 6.97. The van der Waals surface area contributed by atoms with E-state index in [0.29, 0.717) is 6.04 Å². The number of hydrogen-bond acceptors (Lipinski definition) is 4. The third kappa shape index (κ3) is 4.71. The molecular formula is C15H24N2OS. The van der Waals surface area contributed by atoms with Crippen LogP contribution in [-0.4, -0.2) is 49.7 Å². The standard InChI is InChI=1S/C15H24N2OS/c1-13(14-3-5-15(18-2)6-4-14)16-7-8-17-9-11-19-12-10-17/h3-6,13,16H,7-12H2,1-2H3. The Morgan fingerprint density at radius 2 is 1.95 bits per heavy atom. The van der Waals surface area contributed by atoms with Crippen LogP contribution in [0, 0.1) is 0 Å². The third-order valence-electron chi connectivity index (χ3n) is 3.60. The summed E-state index contributed by atoms with van der Waals surface area (Å²) in [6.07, 6.45) is 0. The molecule has 1 aromatic rings. The van der Waals surface area contributed by atoms with Crippen molar-refractivity contribution in [2.45, 2.75) is 13.0 Å². The summed E-state index contributed by atoms with van der Waals surface area (Å²) in [5.41, 5.74) is 1.31. The van der Waals surface area contributed by atoms with Crippen LogP contribution in [0.5, 0.6) is 5.75 Å². The van der Waals surface area contributed by atoms with Crippen LogP contribution in [0.4, 0.5) is 0 Å². The van der Waals surface area contributed by atoms with Crippen LogP contribution >= 0.6 is 11.8 Å². The van der Waals surface area contributed by atoms with Gasteiger partial charge in [-0.1, -0.05) is 12.1 Å². The van der Waals surface area contributed by atoms with Crippen molar-refractivity contribution in [2.75, 3.05) is 44.8 Å². The highest BCUT2D eigenvalue weighted by Gasteiger charge is 2.10.